The summed E-state index contributed by atoms with van der Waals surface area (Å²) in [6.45, 7) is 6.05. The fraction of sp³-hybridized carbons (Fsp3) is 0.345. The van der Waals surface area contributed by atoms with E-state index in [2.05, 4.69) is 26.8 Å². The van der Waals surface area contributed by atoms with Gasteiger partial charge in [-0.25, -0.2) is 19.3 Å². The molecule has 1 aromatic carbocycles. The van der Waals surface area contributed by atoms with Crippen LogP contribution in [0.2, 0.25) is 0 Å². The average Bonchev–Trinajstić information content (AvgIpc) is 2.92. The van der Waals surface area contributed by atoms with Crippen molar-refractivity contribution in [2.24, 2.45) is 0 Å². The second kappa shape index (κ2) is 12.0. The summed E-state index contributed by atoms with van der Waals surface area (Å²) in [5, 5.41) is 0. The van der Waals surface area contributed by atoms with E-state index in [1.165, 1.54) is 18.5 Å². The van der Waals surface area contributed by atoms with Gasteiger partial charge in [0.25, 0.3) is 5.91 Å². The maximum absolute atomic E-state index is 15.3. The number of hydrogen-bond acceptors (Lipinski definition) is 7. The normalized spacial score (nSPS) is 13.5. The third-order valence-electron chi connectivity index (χ3n) is 6.68. The first kappa shape index (κ1) is 27.7. The van der Waals surface area contributed by atoms with Gasteiger partial charge in [-0.2, -0.15) is 0 Å². The highest BCUT2D eigenvalue weighted by atomic mass is 19.1. The topological polar surface area (TPSA) is 109 Å². The first-order valence-corrected chi connectivity index (χ1v) is 12.8. The second-order valence-corrected chi connectivity index (χ2v) is 9.57. The number of nitrogen functional groups attached to an aromatic ring is 1. The number of piperazine rings is 1. The van der Waals surface area contributed by atoms with Gasteiger partial charge < -0.3 is 15.5 Å². The predicted molar refractivity (Wildman–Crippen MR) is 147 cm³/mol. The smallest absolute Gasteiger partial charge is 0.256 e. The van der Waals surface area contributed by atoms with Crippen LogP contribution in [0, 0.1) is 24.6 Å². The molecule has 202 valence electrons. The Bertz CT molecular complexity index is 1450. The molecule has 1 fully saturated rings. The van der Waals surface area contributed by atoms with Gasteiger partial charge in [0.15, 0.2) is 0 Å². The second-order valence-electron chi connectivity index (χ2n) is 9.57. The van der Waals surface area contributed by atoms with Crippen LogP contribution in [0.25, 0.3) is 11.3 Å². The average molecular weight is 530 g/mol. The maximum atomic E-state index is 15.3. The molecule has 3 aromatic rings. The van der Waals surface area contributed by atoms with Crippen molar-refractivity contribution < 1.29 is 14.0 Å². The zero-order chi connectivity index (χ0) is 28.1. The molecule has 1 saturated heterocycles. The van der Waals surface area contributed by atoms with Crippen LogP contribution in [0.1, 0.15) is 39.8 Å². The summed E-state index contributed by atoms with van der Waals surface area (Å²) in [4.78, 5) is 43.3. The number of nitrogens with two attached hydrogens (primary N) is 1. The Hall–Kier alpha value is -4.36. The molecule has 2 N–H and O–H groups in total. The summed E-state index contributed by atoms with van der Waals surface area (Å²) in [5.41, 5.74) is 9.51. The number of pyridine rings is 1. The van der Waals surface area contributed by atoms with E-state index >= 15 is 4.39 Å². The fourth-order valence-electron chi connectivity index (χ4n) is 4.33. The number of rotatable bonds is 5. The Kier molecular flexibility index (Phi) is 8.52. The number of anilines is 1. The van der Waals surface area contributed by atoms with Crippen molar-refractivity contribution in [3.05, 3.63) is 70.6 Å². The number of carbonyl (C=O) groups excluding carboxylic acids is 2. The predicted octanol–water partition coefficient (Wildman–Crippen LogP) is 2.38. The molecule has 3 heterocycles. The summed E-state index contributed by atoms with van der Waals surface area (Å²) in [6, 6.07) is 8.00. The van der Waals surface area contributed by atoms with Crippen LogP contribution >= 0.6 is 0 Å². The molecule has 2 aromatic heterocycles. The molecule has 0 saturated carbocycles. The molecule has 1 aliphatic rings. The van der Waals surface area contributed by atoms with Crippen LogP contribution in [0.15, 0.2) is 36.7 Å². The van der Waals surface area contributed by atoms with E-state index in [1.54, 1.807) is 42.1 Å². The maximum Gasteiger partial charge on any atom is 0.256 e. The summed E-state index contributed by atoms with van der Waals surface area (Å²) >= 11 is 0. The molecule has 10 heteroatoms. The number of benzene rings is 1. The van der Waals surface area contributed by atoms with Crippen molar-refractivity contribution >= 4 is 17.6 Å². The van der Waals surface area contributed by atoms with Crippen molar-refractivity contribution in [3.63, 3.8) is 0 Å². The molecule has 1 aliphatic heterocycles. The van der Waals surface area contributed by atoms with Crippen LogP contribution < -0.4 is 5.73 Å². The number of likely N-dealkylation sites (N-methyl/N-ethyl adjacent to an activating group) is 1. The Morgan fingerprint density at radius 1 is 1.08 bits per heavy atom. The van der Waals surface area contributed by atoms with Gasteiger partial charge >= 0.3 is 0 Å². The Morgan fingerprint density at radius 2 is 1.82 bits per heavy atom. The summed E-state index contributed by atoms with van der Waals surface area (Å²) in [7, 11) is 3.43. The third kappa shape index (κ3) is 6.38. The molecule has 0 atom stereocenters. The highest BCUT2D eigenvalue weighted by Crippen LogP contribution is 2.26. The first-order chi connectivity index (χ1) is 18.7. The molecule has 0 spiro atoms. The number of aromatic nitrogens is 3. The van der Waals surface area contributed by atoms with E-state index in [1.807, 2.05) is 18.7 Å². The van der Waals surface area contributed by atoms with Gasteiger partial charge in [-0.3, -0.25) is 14.5 Å². The van der Waals surface area contributed by atoms with Crippen LogP contribution in [-0.2, 0) is 11.2 Å². The van der Waals surface area contributed by atoms with Crippen LogP contribution in [0.4, 0.5) is 10.2 Å². The molecular weight excluding hydrogens is 497 g/mol. The molecule has 4 rings (SSSR count). The van der Waals surface area contributed by atoms with E-state index in [9.17, 15) is 9.59 Å². The van der Waals surface area contributed by atoms with Crippen LogP contribution in [-0.4, -0.2) is 88.3 Å². The number of nitrogens with zero attached hydrogens (tertiary/aromatic N) is 6. The number of amides is 2. The molecule has 2 amide bonds. The van der Waals surface area contributed by atoms with Gasteiger partial charge in [-0.1, -0.05) is 24.8 Å². The van der Waals surface area contributed by atoms with E-state index in [-0.39, 0.29) is 17.4 Å². The summed E-state index contributed by atoms with van der Waals surface area (Å²) in [5.74, 6) is 5.70. The van der Waals surface area contributed by atoms with Crippen LogP contribution in [0.3, 0.4) is 0 Å². The van der Waals surface area contributed by atoms with E-state index in [0.29, 0.717) is 67.5 Å². The highest BCUT2D eigenvalue weighted by Gasteiger charge is 2.26. The van der Waals surface area contributed by atoms with E-state index in [4.69, 9.17) is 5.73 Å². The SMILES string of the molecule is CCc1ncnc(-c2ccc(C(=O)N3CCN(CC(=O)N(C)C)CC3)c(F)c2)c1C#Cc1ccc(N)nc1C. The lowest BCUT2D eigenvalue weighted by molar-refractivity contribution is -0.130. The summed E-state index contributed by atoms with van der Waals surface area (Å²) in [6.07, 6.45) is 2.05. The molecule has 0 aliphatic carbocycles. The Labute approximate surface area is 227 Å². The minimum Gasteiger partial charge on any atom is -0.384 e. The molecule has 0 unspecified atom stereocenters. The standard InChI is InChI=1S/C29H32FN7O2/c1-5-25-23(10-6-20-8-11-26(31)34-19(20)2)28(33-18-32-25)21-7-9-22(24(30)16-21)29(39)37-14-12-36(13-15-37)17-27(38)35(3)4/h7-9,11,16,18H,5,12-15,17H2,1-4H3,(H2,31,34). The van der Waals surface area contributed by atoms with Crippen LogP contribution in [0.5, 0.6) is 0 Å². The molecule has 0 radical (unpaired) electrons. The zero-order valence-corrected chi connectivity index (χ0v) is 22.7. The number of carbonyl (C=O) groups is 2. The van der Waals surface area contributed by atoms with Gasteiger partial charge in [0.2, 0.25) is 5.91 Å². The largest absolute Gasteiger partial charge is 0.384 e. The lowest BCUT2D eigenvalue weighted by Gasteiger charge is -2.34. The van der Waals surface area contributed by atoms with Crippen molar-refractivity contribution in [3.8, 4) is 23.1 Å². The molecule has 0 bridgehead atoms. The molecular formula is C29H32FN7O2. The zero-order valence-electron chi connectivity index (χ0n) is 22.7. The fourth-order valence-corrected chi connectivity index (χ4v) is 4.33. The van der Waals surface area contributed by atoms with E-state index < -0.39 is 5.82 Å². The van der Waals surface area contributed by atoms with Gasteiger partial charge in [0.05, 0.1) is 34.8 Å². The quantitative estimate of drug-likeness (QED) is 0.506. The van der Waals surface area contributed by atoms with E-state index in [0.717, 1.165) is 11.3 Å². The Balaban J connectivity index is 1.56. The number of hydrogen-bond donors (Lipinski definition) is 1. The van der Waals surface area contributed by atoms with Gasteiger partial charge in [-0.15, -0.1) is 0 Å². The van der Waals surface area contributed by atoms with Crippen molar-refractivity contribution in [1.82, 2.24) is 29.7 Å². The lowest BCUT2D eigenvalue weighted by Crippen LogP contribution is -2.51. The number of halogens is 1. The molecule has 9 nitrogen and oxygen atoms in total. The Morgan fingerprint density at radius 3 is 2.46 bits per heavy atom. The monoisotopic (exact) mass is 529 g/mol. The van der Waals surface area contributed by atoms with Gasteiger partial charge in [0, 0.05) is 51.4 Å². The van der Waals surface area contributed by atoms with Gasteiger partial charge in [-0.05, 0) is 37.6 Å². The van der Waals surface area contributed by atoms with Crippen molar-refractivity contribution in [2.45, 2.75) is 20.3 Å². The summed E-state index contributed by atoms with van der Waals surface area (Å²) < 4.78 is 15.3. The molecule has 39 heavy (non-hydrogen) atoms. The third-order valence-corrected chi connectivity index (χ3v) is 6.68. The van der Waals surface area contributed by atoms with Gasteiger partial charge in [0.1, 0.15) is 18.0 Å². The highest BCUT2D eigenvalue weighted by molar-refractivity contribution is 5.95. The number of aryl methyl sites for hydroxylation is 2. The lowest BCUT2D eigenvalue weighted by atomic mass is 10.0. The van der Waals surface area contributed by atoms with Crippen molar-refractivity contribution in [1.29, 1.82) is 0 Å². The minimum atomic E-state index is -0.628. The van der Waals surface area contributed by atoms with Crippen molar-refractivity contribution in [2.75, 3.05) is 52.6 Å². The minimum absolute atomic E-state index is 0.00227. The first-order valence-electron chi connectivity index (χ1n) is 12.8.